The van der Waals surface area contributed by atoms with Gasteiger partial charge in [-0.3, -0.25) is 4.72 Å². The number of anilines is 1. The number of hydrogen-bond donors (Lipinski definition) is 3. The molecule has 0 aliphatic carbocycles. The van der Waals surface area contributed by atoms with Crippen molar-refractivity contribution >= 4 is 21.7 Å². The van der Waals surface area contributed by atoms with Gasteiger partial charge < -0.3 is 10.1 Å². The molecule has 1 rings (SSSR count). The van der Waals surface area contributed by atoms with Gasteiger partial charge in [-0.25, -0.2) is 13.2 Å². The van der Waals surface area contributed by atoms with Crippen LogP contribution in [0, 0.1) is 6.92 Å². The molecule has 16 heavy (non-hydrogen) atoms. The van der Waals surface area contributed by atoms with E-state index in [9.17, 15) is 22.0 Å². The van der Waals surface area contributed by atoms with Crippen molar-refractivity contribution in [3.05, 3.63) is 17.5 Å². The molecule has 3 N–H and O–H groups in total. The third-order valence-electron chi connectivity index (χ3n) is 1.65. The highest BCUT2D eigenvalue weighted by Crippen LogP contribution is 2.20. The van der Waals surface area contributed by atoms with Crippen LogP contribution in [0.1, 0.15) is 16.2 Å². The van der Waals surface area contributed by atoms with Crippen LogP contribution in [0.5, 0.6) is 0 Å². The number of aromatic carboxylic acids is 1. The molecular weight excluding hydrogens is 246 g/mol. The van der Waals surface area contributed by atoms with Gasteiger partial charge in [-0.2, -0.15) is 8.78 Å². The topological polar surface area (TPSA) is 99.3 Å². The van der Waals surface area contributed by atoms with E-state index >= 15 is 0 Å². The van der Waals surface area contributed by atoms with Crippen LogP contribution in [-0.4, -0.2) is 30.2 Å². The number of carboxylic acids is 1. The van der Waals surface area contributed by atoms with E-state index in [0.717, 1.165) is 6.07 Å². The number of aromatic nitrogens is 1. The number of rotatable bonds is 4. The lowest BCUT2D eigenvalue weighted by Crippen LogP contribution is -2.21. The van der Waals surface area contributed by atoms with Gasteiger partial charge in [0.2, 0.25) is 0 Å². The van der Waals surface area contributed by atoms with Gasteiger partial charge in [-0.05, 0) is 13.0 Å². The minimum atomic E-state index is -4.86. The molecule has 1 heterocycles. The van der Waals surface area contributed by atoms with E-state index in [1.165, 1.54) is 11.6 Å². The van der Waals surface area contributed by atoms with Crippen molar-refractivity contribution in [2.45, 2.75) is 12.7 Å². The molecule has 1 aromatic rings. The number of nitrogens with one attached hydrogen (secondary N) is 2. The summed E-state index contributed by atoms with van der Waals surface area (Å²) in [5.41, 5.74) is -0.559. The lowest BCUT2D eigenvalue weighted by atomic mass is 10.4. The molecule has 0 radical (unpaired) electrons. The van der Waals surface area contributed by atoms with E-state index in [1.54, 1.807) is 0 Å². The maximum Gasteiger partial charge on any atom is 0.355 e. The summed E-state index contributed by atoms with van der Waals surface area (Å²) in [6.07, 6.45) is 0. The summed E-state index contributed by atoms with van der Waals surface area (Å²) >= 11 is 0. The first kappa shape index (κ1) is 12.4. The number of H-pyrrole nitrogens is 1. The smallest absolute Gasteiger partial charge is 0.355 e. The van der Waals surface area contributed by atoms with Gasteiger partial charge in [0.1, 0.15) is 5.69 Å². The number of alkyl halides is 2. The molecule has 0 fully saturated rings. The first-order chi connectivity index (χ1) is 7.24. The summed E-state index contributed by atoms with van der Waals surface area (Å²) in [5, 5.41) is 8.66. The molecule has 0 aromatic carbocycles. The summed E-state index contributed by atoms with van der Waals surface area (Å²) in [7, 11) is -4.86. The zero-order valence-electron chi connectivity index (χ0n) is 7.99. The third kappa shape index (κ3) is 2.48. The van der Waals surface area contributed by atoms with Crippen LogP contribution >= 0.6 is 0 Å². The number of halogens is 2. The molecule has 90 valence electrons. The van der Waals surface area contributed by atoms with Crippen molar-refractivity contribution in [2.24, 2.45) is 0 Å². The average Bonchev–Trinajstić information content (AvgIpc) is 2.45. The number of hydrogen-bond acceptors (Lipinski definition) is 3. The molecule has 0 aliphatic heterocycles. The monoisotopic (exact) mass is 254 g/mol. The standard InChI is InChI=1S/C7H8F2N2O4S/c1-3-2-4(5(10-3)6(12)13)11-16(14,15)7(8)9/h2,7,10-11H,1H3,(H,12,13). The molecule has 0 saturated carbocycles. The quantitative estimate of drug-likeness (QED) is 0.745. The van der Waals surface area contributed by atoms with E-state index in [0.29, 0.717) is 5.69 Å². The van der Waals surface area contributed by atoms with Crippen molar-refractivity contribution in [3.8, 4) is 0 Å². The van der Waals surface area contributed by atoms with Crippen LogP contribution in [0.25, 0.3) is 0 Å². The Morgan fingerprint density at radius 1 is 1.56 bits per heavy atom. The summed E-state index contributed by atoms with van der Waals surface area (Å²) in [5.74, 6) is -5.07. The Kier molecular flexibility index (Phi) is 3.17. The van der Waals surface area contributed by atoms with Gasteiger partial charge >= 0.3 is 11.7 Å². The van der Waals surface area contributed by atoms with Gasteiger partial charge in [-0.15, -0.1) is 0 Å². The molecule has 9 heteroatoms. The van der Waals surface area contributed by atoms with Crippen LogP contribution in [0.4, 0.5) is 14.5 Å². The summed E-state index contributed by atoms with van der Waals surface area (Å²) in [6, 6.07) is 1.11. The molecule has 0 saturated heterocycles. The zero-order chi connectivity index (χ0) is 12.5. The maximum atomic E-state index is 12.0. The molecule has 0 unspecified atom stereocenters. The highest BCUT2D eigenvalue weighted by atomic mass is 32.2. The van der Waals surface area contributed by atoms with Gasteiger partial charge in [0.05, 0.1) is 5.69 Å². The molecule has 0 atom stereocenters. The third-order valence-corrected chi connectivity index (χ3v) is 2.63. The molecule has 0 bridgehead atoms. The Balaban J connectivity index is 3.11. The predicted molar refractivity (Wildman–Crippen MR) is 51.0 cm³/mol. The highest BCUT2D eigenvalue weighted by Gasteiger charge is 2.26. The normalized spacial score (nSPS) is 11.8. The van der Waals surface area contributed by atoms with Crippen LogP contribution in [0.3, 0.4) is 0 Å². The molecule has 0 aliphatic rings. The highest BCUT2D eigenvalue weighted by molar-refractivity contribution is 7.93. The van der Waals surface area contributed by atoms with Gasteiger partial charge in [-0.1, -0.05) is 0 Å². The number of sulfonamides is 1. The Morgan fingerprint density at radius 3 is 2.56 bits per heavy atom. The lowest BCUT2D eigenvalue weighted by molar-refractivity contribution is 0.0692. The van der Waals surface area contributed by atoms with Gasteiger partial charge in [0.25, 0.3) is 10.0 Å². The first-order valence-corrected chi connectivity index (χ1v) is 5.51. The van der Waals surface area contributed by atoms with Crippen molar-refractivity contribution in [2.75, 3.05) is 4.72 Å². The molecule has 1 aromatic heterocycles. The van der Waals surface area contributed by atoms with Crippen molar-refractivity contribution < 1.29 is 27.1 Å². The number of aryl methyl sites for hydroxylation is 1. The molecule has 6 nitrogen and oxygen atoms in total. The van der Waals surface area contributed by atoms with Crippen molar-refractivity contribution in [3.63, 3.8) is 0 Å². The van der Waals surface area contributed by atoms with Gasteiger partial charge in [0.15, 0.2) is 0 Å². The van der Waals surface area contributed by atoms with Crippen LogP contribution in [-0.2, 0) is 10.0 Å². The van der Waals surface area contributed by atoms with Crippen LogP contribution in [0.15, 0.2) is 6.07 Å². The van der Waals surface area contributed by atoms with E-state index in [1.807, 2.05) is 0 Å². The summed E-state index contributed by atoms with van der Waals surface area (Å²) < 4.78 is 47.2. The fraction of sp³-hybridized carbons (Fsp3) is 0.286. The van der Waals surface area contributed by atoms with Gasteiger partial charge in [0, 0.05) is 5.69 Å². The zero-order valence-corrected chi connectivity index (χ0v) is 8.81. The second-order valence-electron chi connectivity index (χ2n) is 2.95. The Bertz CT molecular complexity index is 508. The molecule has 0 spiro atoms. The predicted octanol–water partition coefficient (Wildman–Crippen LogP) is 0.986. The fourth-order valence-corrected chi connectivity index (χ4v) is 1.59. The van der Waals surface area contributed by atoms with Crippen molar-refractivity contribution in [1.29, 1.82) is 0 Å². The van der Waals surface area contributed by atoms with Crippen molar-refractivity contribution in [1.82, 2.24) is 4.98 Å². The van der Waals surface area contributed by atoms with E-state index in [2.05, 4.69) is 4.98 Å². The maximum absolute atomic E-state index is 12.0. The number of carbonyl (C=O) groups is 1. The lowest BCUT2D eigenvalue weighted by Gasteiger charge is -2.05. The summed E-state index contributed by atoms with van der Waals surface area (Å²) in [4.78, 5) is 13.0. The minimum absolute atomic E-state index is 0.337. The van der Waals surface area contributed by atoms with E-state index in [4.69, 9.17) is 5.11 Å². The molecular formula is C7H8F2N2O4S. The Morgan fingerprint density at radius 2 is 2.12 bits per heavy atom. The Hall–Kier alpha value is -1.64. The Labute approximate surface area is 89.3 Å². The summed E-state index contributed by atoms with van der Waals surface area (Å²) in [6.45, 7) is 1.46. The second-order valence-corrected chi connectivity index (χ2v) is 4.60. The first-order valence-electron chi connectivity index (χ1n) is 3.96. The minimum Gasteiger partial charge on any atom is -0.477 e. The number of aromatic amines is 1. The molecule has 0 amide bonds. The van der Waals surface area contributed by atoms with Crippen LogP contribution in [0.2, 0.25) is 0 Å². The van der Waals surface area contributed by atoms with E-state index < -0.39 is 33.1 Å². The average molecular weight is 254 g/mol. The fourth-order valence-electron chi connectivity index (χ4n) is 1.04. The largest absolute Gasteiger partial charge is 0.477 e. The van der Waals surface area contributed by atoms with Crippen LogP contribution < -0.4 is 4.72 Å². The second kappa shape index (κ2) is 4.08. The van der Waals surface area contributed by atoms with E-state index in [-0.39, 0.29) is 0 Å². The number of carboxylic acid groups (broad SMARTS) is 1. The SMILES string of the molecule is Cc1cc(NS(=O)(=O)C(F)F)c(C(=O)O)[nH]1.